The van der Waals surface area contributed by atoms with Crippen molar-refractivity contribution in [1.82, 2.24) is 9.62 Å². The summed E-state index contributed by atoms with van der Waals surface area (Å²) in [5, 5.41) is 4.78. The lowest BCUT2D eigenvalue weighted by atomic mass is 9.98. The Kier molecular flexibility index (Phi) is 6.74. The van der Waals surface area contributed by atoms with Crippen molar-refractivity contribution in [2.45, 2.75) is 36.9 Å². The van der Waals surface area contributed by atoms with Crippen LogP contribution in [0.5, 0.6) is 5.75 Å². The molecule has 1 saturated heterocycles. The molecule has 0 aliphatic carbocycles. The van der Waals surface area contributed by atoms with Crippen molar-refractivity contribution in [3.8, 4) is 5.75 Å². The maximum Gasteiger partial charge on any atom is 0.252 e. The molecule has 1 N–H and O–H groups in total. The highest BCUT2D eigenvalue weighted by atomic mass is 32.2. The van der Waals surface area contributed by atoms with Crippen LogP contribution >= 0.6 is 11.3 Å². The fourth-order valence-corrected chi connectivity index (χ4v) is 6.01. The average molecular weight is 423 g/mol. The molecule has 1 aromatic heterocycles. The van der Waals surface area contributed by atoms with Crippen molar-refractivity contribution in [2.75, 3.05) is 19.7 Å². The number of ether oxygens (including phenoxy) is 1. The van der Waals surface area contributed by atoms with E-state index in [9.17, 15) is 13.2 Å². The zero-order valence-electron chi connectivity index (χ0n) is 16.1. The van der Waals surface area contributed by atoms with E-state index < -0.39 is 10.0 Å². The molecule has 152 valence electrons. The Morgan fingerprint density at radius 2 is 2.07 bits per heavy atom. The van der Waals surface area contributed by atoms with E-state index in [0.29, 0.717) is 30.2 Å². The van der Waals surface area contributed by atoms with Gasteiger partial charge < -0.3 is 10.1 Å². The molecule has 1 amide bonds. The van der Waals surface area contributed by atoms with Crippen molar-refractivity contribution in [3.05, 3.63) is 47.3 Å². The second kappa shape index (κ2) is 9.07. The third-order valence-corrected chi connectivity index (χ3v) is 8.13. The van der Waals surface area contributed by atoms with E-state index in [2.05, 4.69) is 5.32 Å². The highest BCUT2D eigenvalue weighted by Crippen LogP contribution is 2.27. The molecule has 0 unspecified atom stereocenters. The summed E-state index contributed by atoms with van der Waals surface area (Å²) in [6.45, 7) is 5.15. The summed E-state index contributed by atoms with van der Waals surface area (Å²) < 4.78 is 32.7. The Hall–Kier alpha value is -1.90. The van der Waals surface area contributed by atoms with Gasteiger partial charge >= 0.3 is 0 Å². The minimum Gasteiger partial charge on any atom is -0.494 e. The first-order valence-electron chi connectivity index (χ1n) is 9.48. The van der Waals surface area contributed by atoms with Gasteiger partial charge in [-0.2, -0.15) is 4.31 Å². The number of rotatable bonds is 7. The molecule has 28 heavy (non-hydrogen) atoms. The lowest BCUT2D eigenvalue weighted by molar-refractivity contribution is -0.126. The largest absolute Gasteiger partial charge is 0.494 e. The predicted molar refractivity (Wildman–Crippen MR) is 110 cm³/mol. The van der Waals surface area contributed by atoms with Crippen LogP contribution in [0.25, 0.3) is 0 Å². The van der Waals surface area contributed by atoms with E-state index >= 15 is 0 Å². The van der Waals surface area contributed by atoms with Crippen molar-refractivity contribution in [1.29, 1.82) is 0 Å². The van der Waals surface area contributed by atoms with Crippen LogP contribution in [-0.2, 0) is 14.8 Å². The molecule has 1 aromatic carbocycles. The average Bonchev–Trinajstić information content (AvgIpc) is 3.24. The number of thiophene rings is 1. The van der Waals surface area contributed by atoms with Crippen LogP contribution in [0.1, 0.15) is 38.3 Å². The molecule has 6 nitrogen and oxygen atoms in total. The number of sulfonamides is 1. The molecule has 0 spiro atoms. The van der Waals surface area contributed by atoms with Gasteiger partial charge in [-0.1, -0.05) is 18.2 Å². The SMILES string of the molecule is CCOc1ccc([C@@H](C)NC(=O)[C@H]2CCCN(S(=O)(=O)c3cccs3)C2)cc1. The number of piperidine rings is 1. The summed E-state index contributed by atoms with van der Waals surface area (Å²) in [4.78, 5) is 12.8. The van der Waals surface area contributed by atoms with Crippen LogP contribution in [0.15, 0.2) is 46.0 Å². The Labute approximate surface area is 170 Å². The van der Waals surface area contributed by atoms with Crippen LogP contribution < -0.4 is 10.1 Å². The topological polar surface area (TPSA) is 75.7 Å². The number of nitrogens with zero attached hydrogens (tertiary/aromatic N) is 1. The lowest BCUT2D eigenvalue weighted by Gasteiger charge is -2.31. The van der Waals surface area contributed by atoms with Gasteiger partial charge in [0.15, 0.2) is 0 Å². The molecule has 3 rings (SSSR count). The van der Waals surface area contributed by atoms with E-state index in [0.717, 1.165) is 11.3 Å². The molecule has 1 aliphatic heterocycles. The van der Waals surface area contributed by atoms with Gasteiger partial charge in [0.05, 0.1) is 18.6 Å². The lowest BCUT2D eigenvalue weighted by Crippen LogP contribution is -2.45. The molecule has 0 saturated carbocycles. The Morgan fingerprint density at radius 1 is 1.32 bits per heavy atom. The van der Waals surface area contributed by atoms with Gasteiger partial charge in [0.1, 0.15) is 9.96 Å². The minimum atomic E-state index is -3.52. The first-order chi connectivity index (χ1) is 13.4. The van der Waals surface area contributed by atoms with Gasteiger partial charge in [-0.15, -0.1) is 11.3 Å². The van der Waals surface area contributed by atoms with Crippen LogP contribution in [0.4, 0.5) is 0 Å². The number of benzene rings is 1. The molecule has 2 atom stereocenters. The highest BCUT2D eigenvalue weighted by Gasteiger charge is 2.34. The summed E-state index contributed by atoms with van der Waals surface area (Å²) >= 11 is 1.21. The van der Waals surface area contributed by atoms with Crippen molar-refractivity contribution >= 4 is 27.3 Å². The standard InChI is InChI=1S/C20H26N2O4S2/c1-3-26-18-10-8-16(9-11-18)15(2)21-20(23)17-6-4-12-22(14-17)28(24,25)19-7-5-13-27-19/h5,7-11,13,15,17H,3-4,6,12,14H2,1-2H3,(H,21,23)/t15-,17+/m1/s1. The van der Waals surface area contributed by atoms with Crippen LogP contribution in [0.2, 0.25) is 0 Å². The predicted octanol–water partition coefficient (Wildman–Crippen LogP) is 3.42. The fraction of sp³-hybridized carbons (Fsp3) is 0.450. The van der Waals surface area contributed by atoms with E-state index in [4.69, 9.17) is 4.74 Å². The Morgan fingerprint density at radius 3 is 2.71 bits per heavy atom. The van der Waals surface area contributed by atoms with Gasteiger partial charge in [-0.25, -0.2) is 8.42 Å². The van der Waals surface area contributed by atoms with Gasteiger partial charge in [0.25, 0.3) is 10.0 Å². The molecule has 1 fully saturated rings. The summed E-state index contributed by atoms with van der Waals surface area (Å²) in [7, 11) is -3.52. The van der Waals surface area contributed by atoms with E-state index in [1.165, 1.54) is 15.6 Å². The second-order valence-electron chi connectivity index (χ2n) is 6.87. The molecule has 2 aromatic rings. The Bertz CT molecular complexity index is 879. The van der Waals surface area contributed by atoms with Gasteiger partial charge in [-0.3, -0.25) is 4.79 Å². The normalized spacial score (nSPS) is 19.1. The number of hydrogen-bond donors (Lipinski definition) is 1. The maximum atomic E-state index is 12.8. The van der Waals surface area contributed by atoms with E-state index in [-0.39, 0.29) is 24.4 Å². The van der Waals surface area contributed by atoms with Crippen LogP contribution in [-0.4, -0.2) is 38.3 Å². The van der Waals surface area contributed by atoms with Crippen molar-refractivity contribution in [2.24, 2.45) is 5.92 Å². The molecule has 8 heteroatoms. The highest BCUT2D eigenvalue weighted by molar-refractivity contribution is 7.91. The minimum absolute atomic E-state index is 0.104. The smallest absolute Gasteiger partial charge is 0.252 e. The third-order valence-electron chi connectivity index (χ3n) is 4.89. The Balaban J connectivity index is 1.62. The van der Waals surface area contributed by atoms with Crippen molar-refractivity contribution < 1.29 is 17.9 Å². The summed E-state index contributed by atoms with van der Waals surface area (Å²) in [5.41, 5.74) is 0.982. The first-order valence-corrected chi connectivity index (χ1v) is 11.8. The van der Waals surface area contributed by atoms with Crippen molar-refractivity contribution in [3.63, 3.8) is 0 Å². The molecular formula is C20H26N2O4S2. The van der Waals surface area contributed by atoms with Gasteiger partial charge in [0.2, 0.25) is 5.91 Å². The molecular weight excluding hydrogens is 396 g/mol. The molecule has 1 aliphatic rings. The van der Waals surface area contributed by atoms with E-state index in [1.807, 2.05) is 38.1 Å². The zero-order chi connectivity index (χ0) is 20.1. The first kappa shape index (κ1) is 20.8. The molecule has 0 radical (unpaired) electrons. The number of amides is 1. The quantitative estimate of drug-likeness (QED) is 0.742. The van der Waals surface area contributed by atoms with Gasteiger partial charge in [0, 0.05) is 13.1 Å². The zero-order valence-corrected chi connectivity index (χ0v) is 17.8. The summed E-state index contributed by atoms with van der Waals surface area (Å²) in [6, 6.07) is 10.8. The van der Waals surface area contributed by atoms with Gasteiger partial charge in [-0.05, 0) is 55.8 Å². The second-order valence-corrected chi connectivity index (χ2v) is 9.98. The number of nitrogens with one attached hydrogen (secondary N) is 1. The number of carbonyl (C=O) groups excluding carboxylic acids is 1. The summed E-state index contributed by atoms with van der Waals surface area (Å²) in [5.74, 6) is 0.354. The number of hydrogen-bond acceptors (Lipinski definition) is 5. The number of carbonyl (C=O) groups is 1. The van der Waals surface area contributed by atoms with Crippen LogP contribution in [0, 0.1) is 5.92 Å². The molecule has 2 heterocycles. The van der Waals surface area contributed by atoms with E-state index in [1.54, 1.807) is 17.5 Å². The molecule has 0 bridgehead atoms. The maximum absolute atomic E-state index is 12.8. The summed E-state index contributed by atoms with van der Waals surface area (Å²) in [6.07, 6.45) is 1.37. The fourth-order valence-electron chi connectivity index (χ4n) is 3.35. The van der Waals surface area contributed by atoms with Crippen LogP contribution in [0.3, 0.4) is 0 Å². The monoisotopic (exact) mass is 422 g/mol. The third kappa shape index (κ3) is 4.74.